The first-order chi connectivity index (χ1) is 9.16. The lowest BCUT2D eigenvalue weighted by Gasteiger charge is -2.49. The van der Waals surface area contributed by atoms with Crippen molar-refractivity contribution in [3.8, 4) is 5.75 Å². The van der Waals surface area contributed by atoms with Crippen LogP contribution in [0.1, 0.15) is 59.4 Å². The minimum absolute atomic E-state index is 0.123. The topological polar surface area (TPSA) is 42.4 Å². The maximum atomic E-state index is 11.2. The molecule has 1 aliphatic rings. The Labute approximate surface area is 122 Å². The molecule has 1 N–H and O–H groups in total. The third-order valence-corrected chi connectivity index (χ3v) is 4.06. The zero-order chi connectivity index (χ0) is 15.0. The van der Waals surface area contributed by atoms with Gasteiger partial charge in [-0.3, -0.25) is 4.98 Å². The molecule has 20 heavy (non-hydrogen) atoms. The van der Waals surface area contributed by atoms with E-state index in [0.717, 1.165) is 30.6 Å². The molecule has 1 aromatic heterocycles. The Morgan fingerprint density at radius 2 is 1.70 bits per heavy atom. The molecule has 1 saturated carbocycles. The molecule has 2 rings (SSSR count). The Kier molecular flexibility index (Phi) is 3.85. The van der Waals surface area contributed by atoms with Crippen LogP contribution in [-0.4, -0.2) is 16.7 Å². The monoisotopic (exact) mass is 277 g/mol. The molecule has 1 fully saturated rings. The van der Waals surface area contributed by atoms with Crippen molar-refractivity contribution in [3.63, 3.8) is 0 Å². The summed E-state index contributed by atoms with van der Waals surface area (Å²) in [6.07, 6.45) is 6.14. The van der Waals surface area contributed by atoms with Gasteiger partial charge >= 0.3 is 0 Å². The lowest BCUT2D eigenvalue weighted by atomic mass is 9.58. The van der Waals surface area contributed by atoms with E-state index in [2.05, 4.69) is 32.7 Å². The quantitative estimate of drug-likeness (QED) is 0.911. The van der Waals surface area contributed by atoms with E-state index in [4.69, 9.17) is 4.74 Å². The van der Waals surface area contributed by atoms with E-state index in [1.54, 1.807) is 12.4 Å². The lowest BCUT2D eigenvalue weighted by molar-refractivity contribution is -0.0915. The summed E-state index contributed by atoms with van der Waals surface area (Å²) in [6.45, 7) is 11.5. The van der Waals surface area contributed by atoms with Crippen molar-refractivity contribution >= 4 is 0 Å². The van der Waals surface area contributed by atoms with Gasteiger partial charge in [0.05, 0.1) is 18.4 Å². The van der Waals surface area contributed by atoms with Gasteiger partial charge < -0.3 is 9.84 Å². The molecule has 0 bridgehead atoms. The summed E-state index contributed by atoms with van der Waals surface area (Å²) >= 11 is 0. The van der Waals surface area contributed by atoms with Gasteiger partial charge in [0, 0.05) is 11.8 Å². The highest BCUT2D eigenvalue weighted by molar-refractivity contribution is 5.29. The standard InChI is InChI=1S/C17H27NO2/c1-6-20-14-7-13(8-18-9-14)17(19)11-15(2,3)10-16(4,5)12-17/h7-9,19H,6,10-12H2,1-5H3. The fourth-order valence-electron chi connectivity index (χ4n) is 4.19. The summed E-state index contributed by atoms with van der Waals surface area (Å²) in [6, 6.07) is 1.94. The molecule has 112 valence electrons. The molecule has 1 heterocycles. The molecule has 0 radical (unpaired) electrons. The number of hydrogen-bond acceptors (Lipinski definition) is 3. The van der Waals surface area contributed by atoms with Crippen LogP contribution < -0.4 is 4.74 Å². The van der Waals surface area contributed by atoms with Gasteiger partial charge in [-0.25, -0.2) is 0 Å². The fraction of sp³-hybridized carbons (Fsp3) is 0.706. The van der Waals surface area contributed by atoms with Crippen LogP contribution in [0, 0.1) is 10.8 Å². The highest BCUT2D eigenvalue weighted by Crippen LogP contribution is 2.53. The van der Waals surface area contributed by atoms with E-state index in [-0.39, 0.29) is 10.8 Å². The third-order valence-electron chi connectivity index (χ3n) is 4.06. The van der Waals surface area contributed by atoms with Crippen molar-refractivity contribution in [2.45, 2.75) is 59.5 Å². The van der Waals surface area contributed by atoms with Gasteiger partial charge in [0.2, 0.25) is 0 Å². The van der Waals surface area contributed by atoms with E-state index in [1.807, 2.05) is 13.0 Å². The molecule has 0 aromatic carbocycles. The Hall–Kier alpha value is -1.09. The second-order valence-electron chi connectivity index (χ2n) is 7.73. The summed E-state index contributed by atoms with van der Waals surface area (Å²) in [5.41, 5.74) is 0.311. The Bertz CT molecular complexity index is 464. The van der Waals surface area contributed by atoms with Crippen LogP contribution in [0.15, 0.2) is 18.5 Å². The number of hydrogen-bond donors (Lipinski definition) is 1. The zero-order valence-corrected chi connectivity index (χ0v) is 13.4. The molecule has 0 aliphatic heterocycles. The van der Waals surface area contributed by atoms with E-state index in [1.165, 1.54) is 0 Å². The maximum absolute atomic E-state index is 11.2. The van der Waals surface area contributed by atoms with Crippen LogP contribution in [0.2, 0.25) is 0 Å². The van der Waals surface area contributed by atoms with Crippen LogP contribution in [0.3, 0.4) is 0 Å². The van der Waals surface area contributed by atoms with Crippen LogP contribution >= 0.6 is 0 Å². The first-order valence-corrected chi connectivity index (χ1v) is 7.47. The largest absolute Gasteiger partial charge is 0.492 e. The van der Waals surface area contributed by atoms with E-state index in [9.17, 15) is 5.11 Å². The van der Waals surface area contributed by atoms with Crippen molar-refractivity contribution in [2.24, 2.45) is 10.8 Å². The molecule has 0 unspecified atom stereocenters. The van der Waals surface area contributed by atoms with Crippen molar-refractivity contribution in [3.05, 3.63) is 24.0 Å². The molecule has 0 spiro atoms. The second kappa shape index (κ2) is 5.03. The Balaban J connectivity index is 2.36. The van der Waals surface area contributed by atoms with Crippen molar-refractivity contribution < 1.29 is 9.84 Å². The average molecular weight is 277 g/mol. The van der Waals surface area contributed by atoms with Gasteiger partial charge in [0.1, 0.15) is 5.75 Å². The lowest BCUT2D eigenvalue weighted by Crippen LogP contribution is -2.44. The van der Waals surface area contributed by atoms with Crippen LogP contribution in [-0.2, 0) is 5.60 Å². The number of nitrogens with zero attached hydrogens (tertiary/aromatic N) is 1. The predicted molar refractivity (Wildman–Crippen MR) is 80.7 cm³/mol. The summed E-state index contributed by atoms with van der Waals surface area (Å²) in [5, 5.41) is 11.2. The van der Waals surface area contributed by atoms with Gasteiger partial charge in [-0.15, -0.1) is 0 Å². The first-order valence-electron chi connectivity index (χ1n) is 7.47. The van der Waals surface area contributed by atoms with Crippen molar-refractivity contribution in [1.82, 2.24) is 4.98 Å². The smallest absolute Gasteiger partial charge is 0.137 e. The van der Waals surface area contributed by atoms with Crippen LogP contribution in [0.25, 0.3) is 0 Å². The van der Waals surface area contributed by atoms with Crippen LogP contribution in [0.5, 0.6) is 5.75 Å². The number of pyridine rings is 1. The summed E-state index contributed by atoms with van der Waals surface area (Å²) in [7, 11) is 0. The summed E-state index contributed by atoms with van der Waals surface area (Å²) in [5.74, 6) is 0.736. The third kappa shape index (κ3) is 3.32. The van der Waals surface area contributed by atoms with Gasteiger partial charge in [-0.1, -0.05) is 27.7 Å². The minimum Gasteiger partial charge on any atom is -0.492 e. The maximum Gasteiger partial charge on any atom is 0.137 e. The van der Waals surface area contributed by atoms with E-state index in [0.29, 0.717) is 6.61 Å². The van der Waals surface area contributed by atoms with Crippen molar-refractivity contribution in [1.29, 1.82) is 0 Å². The fourth-order valence-corrected chi connectivity index (χ4v) is 4.19. The van der Waals surface area contributed by atoms with Crippen LogP contribution in [0.4, 0.5) is 0 Å². The normalized spacial score (nSPS) is 23.3. The predicted octanol–water partition coefficient (Wildman–Crippen LogP) is 3.90. The van der Waals surface area contributed by atoms with Gasteiger partial charge in [-0.2, -0.15) is 0 Å². The molecule has 1 aromatic rings. The molecular weight excluding hydrogens is 250 g/mol. The number of rotatable bonds is 3. The van der Waals surface area contributed by atoms with Gasteiger partial charge in [0.15, 0.2) is 0 Å². The molecule has 3 heteroatoms. The number of aliphatic hydroxyl groups is 1. The van der Waals surface area contributed by atoms with E-state index >= 15 is 0 Å². The Morgan fingerprint density at radius 1 is 1.10 bits per heavy atom. The SMILES string of the molecule is CCOc1cncc(C2(O)CC(C)(C)CC(C)(C)C2)c1. The Morgan fingerprint density at radius 3 is 2.25 bits per heavy atom. The first kappa shape index (κ1) is 15.3. The molecule has 0 amide bonds. The highest BCUT2D eigenvalue weighted by Gasteiger charge is 2.47. The van der Waals surface area contributed by atoms with Crippen molar-refractivity contribution in [2.75, 3.05) is 6.61 Å². The second-order valence-corrected chi connectivity index (χ2v) is 7.73. The molecular formula is C17H27NO2. The van der Waals surface area contributed by atoms with Gasteiger partial charge in [-0.05, 0) is 43.1 Å². The molecule has 0 atom stereocenters. The molecule has 1 aliphatic carbocycles. The highest BCUT2D eigenvalue weighted by atomic mass is 16.5. The summed E-state index contributed by atoms with van der Waals surface area (Å²) < 4.78 is 5.51. The zero-order valence-electron chi connectivity index (χ0n) is 13.4. The summed E-state index contributed by atoms with van der Waals surface area (Å²) in [4.78, 5) is 4.23. The minimum atomic E-state index is -0.814. The average Bonchev–Trinajstić information content (AvgIpc) is 2.25. The number of aromatic nitrogens is 1. The van der Waals surface area contributed by atoms with Gasteiger partial charge in [0.25, 0.3) is 0 Å². The van der Waals surface area contributed by atoms with E-state index < -0.39 is 5.60 Å². The number of ether oxygens (including phenoxy) is 1. The molecule has 3 nitrogen and oxygen atoms in total. The molecule has 0 saturated heterocycles.